The van der Waals surface area contributed by atoms with Gasteiger partial charge in [-0.1, -0.05) is 30.3 Å². The van der Waals surface area contributed by atoms with E-state index in [2.05, 4.69) is 32.2 Å². The molecule has 0 spiro atoms. The normalized spacial score (nSPS) is 20.1. The van der Waals surface area contributed by atoms with Crippen LogP contribution in [0.3, 0.4) is 0 Å². The van der Waals surface area contributed by atoms with Crippen LogP contribution in [0.5, 0.6) is 0 Å². The van der Waals surface area contributed by atoms with Crippen molar-refractivity contribution in [1.29, 1.82) is 0 Å². The second-order valence-electron chi connectivity index (χ2n) is 7.32. The summed E-state index contributed by atoms with van der Waals surface area (Å²) in [7, 11) is 0. The molecule has 2 aliphatic rings. The van der Waals surface area contributed by atoms with Crippen LogP contribution in [0.1, 0.15) is 12.0 Å². The molecule has 0 aliphatic carbocycles. The average molecular weight is 474 g/mol. The fourth-order valence-corrected chi connectivity index (χ4v) is 5.31. The summed E-state index contributed by atoms with van der Waals surface area (Å²) in [6.45, 7) is 3.50. The first kappa shape index (κ1) is 20.4. The van der Waals surface area contributed by atoms with Crippen LogP contribution in [-0.2, 0) is 16.1 Å². The van der Waals surface area contributed by atoms with Gasteiger partial charge in [-0.25, -0.2) is 0 Å². The van der Waals surface area contributed by atoms with Crippen molar-refractivity contribution in [2.24, 2.45) is 5.92 Å². The highest BCUT2D eigenvalue weighted by Gasteiger charge is 2.38. The van der Waals surface area contributed by atoms with Gasteiger partial charge in [-0.2, -0.15) is 11.8 Å². The zero-order chi connectivity index (χ0) is 20.2. The maximum atomic E-state index is 12.9. The van der Waals surface area contributed by atoms with E-state index in [-0.39, 0.29) is 11.8 Å². The van der Waals surface area contributed by atoms with Crippen molar-refractivity contribution in [2.45, 2.75) is 13.0 Å². The molecule has 2 aromatic rings. The maximum absolute atomic E-state index is 12.9. The molecule has 2 aliphatic heterocycles. The third kappa shape index (κ3) is 4.68. The molecule has 0 saturated carbocycles. The Bertz CT molecular complexity index is 901. The number of carbonyl (C=O) groups excluding carboxylic acids is 2. The summed E-state index contributed by atoms with van der Waals surface area (Å²) in [6, 6.07) is 15.5. The first-order valence-electron chi connectivity index (χ1n) is 9.88. The smallest absolute Gasteiger partial charge is 0.239 e. The van der Waals surface area contributed by atoms with E-state index in [0.717, 1.165) is 52.6 Å². The molecule has 2 amide bonds. The van der Waals surface area contributed by atoms with E-state index >= 15 is 0 Å². The molecule has 7 heteroatoms. The Hall–Kier alpha value is -1.83. The van der Waals surface area contributed by atoms with E-state index in [0.29, 0.717) is 13.0 Å². The minimum absolute atomic E-state index is 0.139. The van der Waals surface area contributed by atoms with Gasteiger partial charge in [0.15, 0.2) is 0 Å². The molecule has 29 heavy (non-hydrogen) atoms. The maximum Gasteiger partial charge on any atom is 0.239 e. The van der Waals surface area contributed by atoms with Crippen molar-refractivity contribution < 1.29 is 9.59 Å². The Labute approximate surface area is 184 Å². The summed E-state index contributed by atoms with van der Waals surface area (Å²) >= 11 is 5.48. The first-order valence-corrected chi connectivity index (χ1v) is 11.8. The van der Waals surface area contributed by atoms with Crippen LogP contribution in [-0.4, -0.2) is 47.9 Å². The second-order valence-corrected chi connectivity index (χ2v) is 9.40. The number of amides is 2. The summed E-state index contributed by atoms with van der Waals surface area (Å²) in [4.78, 5) is 30.0. The SMILES string of the molecule is O=C(Nc1ccccc1CN1CCSCC1)C1CCN(c2ccccc2Br)C1=O. The number of halogens is 1. The van der Waals surface area contributed by atoms with Gasteiger partial charge in [0.25, 0.3) is 0 Å². The second kappa shape index (κ2) is 9.32. The highest BCUT2D eigenvalue weighted by molar-refractivity contribution is 9.10. The molecule has 2 fully saturated rings. The summed E-state index contributed by atoms with van der Waals surface area (Å²) in [5, 5.41) is 3.03. The summed E-state index contributed by atoms with van der Waals surface area (Å²) < 4.78 is 0.861. The van der Waals surface area contributed by atoms with Crippen molar-refractivity contribution in [2.75, 3.05) is 41.4 Å². The molecule has 1 unspecified atom stereocenters. The van der Waals surface area contributed by atoms with Gasteiger partial charge in [0, 0.05) is 47.8 Å². The molecule has 152 valence electrons. The molecule has 2 saturated heterocycles. The van der Waals surface area contributed by atoms with Gasteiger partial charge in [-0.05, 0) is 46.1 Å². The highest BCUT2D eigenvalue weighted by Crippen LogP contribution is 2.32. The molecule has 1 N–H and O–H groups in total. The van der Waals surface area contributed by atoms with Gasteiger partial charge in [0.2, 0.25) is 11.8 Å². The van der Waals surface area contributed by atoms with Gasteiger partial charge < -0.3 is 10.2 Å². The lowest BCUT2D eigenvalue weighted by Gasteiger charge is -2.27. The van der Waals surface area contributed by atoms with Gasteiger partial charge in [0.1, 0.15) is 5.92 Å². The highest BCUT2D eigenvalue weighted by atomic mass is 79.9. The van der Waals surface area contributed by atoms with E-state index in [4.69, 9.17) is 0 Å². The van der Waals surface area contributed by atoms with E-state index in [1.807, 2.05) is 54.2 Å². The number of anilines is 2. The molecular weight excluding hydrogens is 450 g/mol. The number of nitrogens with zero attached hydrogens (tertiary/aromatic N) is 2. The van der Waals surface area contributed by atoms with Gasteiger partial charge >= 0.3 is 0 Å². The van der Waals surface area contributed by atoms with Crippen LogP contribution < -0.4 is 10.2 Å². The third-order valence-electron chi connectivity index (χ3n) is 5.44. The van der Waals surface area contributed by atoms with E-state index in [1.54, 1.807) is 4.90 Å². The fraction of sp³-hybridized carbons (Fsp3) is 0.364. The van der Waals surface area contributed by atoms with Crippen molar-refractivity contribution in [3.63, 3.8) is 0 Å². The summed E-state index contributed by atoms with van der Waals surface area (Å²) in [5.41, 5.74) is 2.72. The lowest BCUT2D eigenvalue weighted by molar-refractivity contribution is -0.129. The quantitative estimate of drug-likeness (QED) is 0.666. The molecule has 2 aromatic carbocycles. The largest absolute Gasteiger partial charge is 0.325 e. The van der Waals surface area contributed by atoms with E-state index < -0.39 is 5.92 Å². The number of para-hydroxylation sites is 2. The van der Waals surface area contributed by atoms with Crippen molar-refractivity contribution in [3.8, 4) is 0 Å². The Morgan fingerprint density at radius 3 is 2.59 bits per heavy atom. The van der Waals surface area contributed by atoms with Gasteiger partial charge in [-0.3, -0.25) is 14.5 Å². The number of thioether (sulfide) groups is 1. The predicted octanol–water partition coefficient (Wildman–Crippen LogP) is 3.99. The average Bonchev–Trinajstić information content (AvgIpc) is 3.12. The monoisotopic (exact) mass is 473 g/mol. The number of benzene rings is 2. The van der Waals surface area contributed by atoms with Crippen LogP contribution in [0.2, 0.25) is 0 Å². The van der Waals surface area contributed by atoms with E-state index in [9.17, 15) is 9.59 Å². The topological polar surface area (TPSA) is 52.7 Å². The zero-order valence-corrected chi connectivity index (χ0v) is 18.5. The Morgan fingerprint density at radius 1 is 1.07 bits per heavy atom. The number of hydrogen-bond donors (Lipinski definition) is 1. The Balaban J connectivity index is 1.45. The fourth-order valence-electron chi connectivity index (χ4n) is 3.83. The Morgan fingerprint density at radius 2 is 1.79 bits per heavy atom. The number of nitrogens with one attached hydrogen (secondary N) is 1. The molecule has 0 radical (unpaired) electrons. The van der Waals surface area contributed by atoms with Crippen LogP contribution in [0.4, 0.5) is 11.4 Å². The van der Waals surface area contributed by atoms with E-state index in [1.165, 1.54) is 0 Å². The molecular formula is C22H24BrN3O2S. The van der Waals surface area contributed by atoms with Crippen molar-refractivity contribution in [1.82, 2.24) is 4.90 Å². The lowest BCUT2D eigenvalue weighted by atomic mass is 10.1. The molecule has 0 bridgehead atoms. The standard InChI is InChI=1S/C22H24BrN3O2S/c23-18-6-2-4-8-20(18)26-10-9-17(22(26)28)21(27)24-19-7-3-1-5-16(19)15-25-11-13-29-14-12-25/h1-8,17H,9-15H2,(H,24,27). The summed E-state index contributed by atoms with van der Waals surface area (Å²) in [6.07, 6.45) is 0.525. The van der Waals surface area contributed by atoms with Crippen LogP contribution >= 0.6 is 27.7 Å². The van der Waals surface area contributed by atoms with Gasteiger partial charge in [0.05, 0.1) is 5.69 Å². The van der Waals surface area contributed by atoms with Crippen LogP contribution in [0.25, 0.3) is 0 Å². The predicted molar refractivity (Wildman–Crippen MR) is 122 cm³/mol. The number of hydrogen-bond acceptors (Lipinski definition) is 4. The molecule has 1 atom stereocenters. The van der Waals surface area contributed by atoms with Gasteiger partial charge in [-0.15, -0.1) is 0 Å². The molecule has 2 heterocycles. The third-order valence-corrected chi connectivity index (χ3v) is 7.05. The lowest BCUT2D eigenvalue weighted by Crippen LogP contribution is -2.34. The molecule has 4 rings (SSSR count). The first-order chi connectivity index (χ1) is 14.1. The zero-order valence-electron chi connectivity index (χ0n) is 16.1. The Kier molecular flexibility index (Phi) is 6.57. The molecule has 5 nitrogen and oxygen atoms in total. The van der Waals surface area contributed by atoms with Crippen molar-refractivity contribution >= 4 is 50.9 Å². The number of carbonyl (C=O) groups is 2. The van der Waals surface area contributed by atoms with Crippen molar-refractivity contribution in [3.05, 3.63) is 58.6 Å². The minimum Gasteiger partial charge on any atom is -0.325 e. The minimum atomic E-state index is -0.651. The van der Waals surface area contributed by atoms with Crippen LogP contribution in [0.15, 0.2) is 53.0 Å². The number of rotatable bonds is 5. The molecule has 0 aromatic heterocycles. The van der Waals surface area contributed by atoms with Crippen LogP contribution in [0, 0.1) is 5.92 Å². The summed E-state index contributed by atoms with van der Waals surface area (Å²) in [5.74, 6) is 1.29.